The highest BCUT2D eigenvalue weighted by atomic mass is 79.9. The molecule has 0 aliphatic heterocycles. The first kappa shape index (κ1) is 20.1. The van der Waals surface area contributed by atoms with E-state index in [-0.39, 0.29) is 5.91 Å². The number of amides is 1. The molecule has 2 rings (SSSR count). The Bertz CT molecular complexity index is 749. The third-order valence-corrected chi connectivity index (χ3v) is 4.47. The van der Waals surface area contributed by atoms with Gasteiger partial charge in [-0.05, 0) is 58.2 Å². The van der Waals surface area contributed by atoms with Gasteiger partial charge in [0.05, 0.1) is 25.3 Å². The van der Waals surface area contributed by atoms with Gasteiger partial charge in [0, 0.05) is 12.1 Å². The van der Waals surface area contributed by atoms with E-state index in [2.05, 4.69) is 28.2 Å². The van der Waals surface area contributed by atoms with Gasteiger partial charge in [-0.15, -0.1) is 0 Å². The molecule has 0 atom stereocenters. The first-order chi connectivity index (χ1) is 12.6. The molecule has 140 valence electrons. The van der Waals surface area contributed by atoms with Crippen LogP contribution in [0.5, 0.6) is 17.2 Å². The molecule has 0 saturated carbocycles. The van der Waals surface area contributed by atoms with Crippen LogP contribution in [0.3, 0.4) is 0 Å². The fourth-order valence-corrected chi connectivity index (χ4v) is 2.90. The van der Waals surface area contributed by atoms with E-state index in [9.17, 15) is 4.79 Å². The number of hydrogen-bond donors (Lipinski definition) is 1. The van der Waals surface area contributed by atoms with Crippen molar-refractivity contribution in [2.75, 3.05) is 20.8 Å². The smallest absolute Gasteiger partial charge is 0.251 e. The van der Waals surface area contributed by atoms with Gasteiger partial charge in [-0.25, -0.2) is 0 Å². The minimum atomic E-state index is -0.157. The van der Waals surface area contributed by atoms with Crippen molar-refractivity contribution in [3.05, 3.63) is 52.0 Å². The topological polar surface area (TPSA) is 56.8 Å². The van der Waals surface area contributed by atoms with Crippen molar-refractivity contribution in [1.29, 1.82) is 0 Å². The predicted octanol–water partition coefficient (Wildman–Crippen LogP) is 4.58. The molecule has 0 heterocycles. The molecule has 0 aliphatic carbocycles. The molecule has 0 radical (unpaired) electrons. The summed E-state index contributed by atoms with van der Waals surface area (Å²) in [4.78, 5) is 12.3. The molecule has 1 amide bonds. The Kier molecular flexibility index (Phi) is 7.78. The Morgan fingerprint density at radius 2 is 1.77 bits per heavy atom. The molecule has 2 aromatic rings. The highest BCUT2D eigenvalue weighted by Gasteiger charge is 2.10. The van der Waals surface area contributed by atoms with Crippen LogP contribution in [-0.2, 0) is 6.54 Å². The zero-order chi connectivity index (χ0) is 18.9. The number of nitrogens with one attached hydrogen (secondary N) is 1. The van der Waals surface area contributed by atoms with Gasteiger partial charge in [0.1, 0.15) is 5.75 Å². The molecule has 5 nitrogen and oxygen atoms in total. The maximum Gasteiger partial charge on any atom is 0.251 e. The van der Waals surface area contributed by atoms with Crippen LogP contribution in [0.1, 0.15) is 35.7 Å². The van der Waals surface area contributed by atoms with Gasteiger partial charge in [0.2, 0.25) is 0 Å². The zero-order valence-electron chi connectivity index (χ0n) is 15.3. The van der Waals surface area contributed by atoms with Gasteiger partial charge in [0.25, 0.3) is 5.91 Å². The molecule has 0 spiro atoms. The Balaban J connectivity index is 2.00. The Labute approximate surface area is 162 Å². The van der Waals surface area contributed by atoms with Gasteiger partial charge in [-0.1, -0.05) is 19.4 Å². The Hall–Kier alpha value is -2.21. The van der Waals surface area contributed by atoms with Crippen LogP contribution in [-0.4, -0.2) is 26.7 Å². The lowest BCUT2D eigenvalue weighted by atomic mass is 10.1. The van der Waals surface area contributed by atoms with Crippen molar-refractivity contribution in [2.24, 2.45) is 0 Å². The van der Waals surface area contributed by atoms with E-state index >= 15 is 0 Å². The third kappa shape index (κ3) is 5.39. The Morgan fingerprint density at radius 1 is 1.04 bits per heavy atom. The lowest BCUT2D eigenvalue weighted by Crippen LogP contribution is -2.22. The van der Waals surface area contributed by atoms with Gasteiger partial charge < -0.3 is 19.5 Å². The van der Waals surface area contributed by atoms with E-state index in [1.54, 1.807) is 32.4 Å². The van der Waals surface area contributed by atoms with Crippen LogP contribution in [0, 0.1) is 0 Å². The summed E-state index contributed by atoms with van der Waals surface area (Å²) in [6.07, 6.45) is 2.08. The van der Waals surface area contributed by atoms with Crippen molar-refractivity contribution in [1.82, 2.24) is 5.32 Å². The molecular formula is C20H24BrNO4. The molecular weight excluding hydrogens is 398 g/mol. The first-order valence-electron chi connectivity index (χ1n) is 8.50. The predicted molar refractivity (Wildman–Crippen MR) is 105 cm³/mol. The van der Waals surface area contributed by atoms with Crippen molar-refractivity contribution in [3.8, 4) is 17.2 Å². The summed E-state index contributed by atoms with van der Waals surface area (Å²) in [5.74, 6) is 1.91. The van der Waals surface area contributed by atoms with Crippen molar-refractivity contribution in [3.63, 3.8) is 0 Å². The normalized spacial score (nSPS) is 10.3. The highest BCUT2D eigenvalue weighted by Crippen LogP contribution is 2.28. The molecule has 0 saturated heterocycles. The molecule has 0 aromatic heterocycles. The van der Waals surface area contributed by atoms with Crippen molar-refractivity contribution >= 4 is 21.8 Å². The number of carbonyl (C=O) groups is 1. The van der Waals surface area contributed by atoms with Gasteiger partial charge in [-0.2, -0.15) is 0 Å². The minimum absolute atomic E-state index is 0.157. The van der Waals surface area contributed by atoms with Crippen molar-refractivity contribution in [2.45, 2.75) is 26.3 Å². The lowest BCUT2D eigenvalue weighted by molar-refractivity contribution is 0.0950. The monoisotopic (exact) mass is 421 g/mol. The van der Waals surface area contributed by atoms with Crippen LogP contribution in [0.15, 0.2) is 40.9 Å². The third-order valence-electron chi connectivity index (χ3n) is 3.85. The summed E-state index contributed by atoms with van der Waals surface area (Å²) in [7, 11) is 3.20. The van der Waals surface area contributed by atoms with Gasteiger partial charge >= 0.3 is 0 Å². The lowest BCUT2D eigenvalue weighted by Gasteiger charge is -2.13. The second-order valence-electron chi connectivity index (χ2n) is 5.72. The van der Waals surface area contributed by atoms with Crippen LogP contribution >= 0.6 is 15.9 Å². The number of ether oxygens (including phenoxy) is 3. The number of carbonyl (C=O) groups excluding carboxylic acids is 1. The van der Waals surface area contributed by atoms with Gasteiger partial charge in [-0.3, -0.25) is 4.79 Å². The summed E-state index contributed by atoms with van der Waals surface area (Å²) in [5, 5.41) is 2.91. The average Bonchev–Trinajstić information content (AvgIpc) is 2.66. The summed E-state index contributed by atoms with van der Waals surface area (Å²) in [6.45, 7) is 3.18. The summed E-state index contributed by atoms with van der Waals surface area (Å²) >= 11 is 3.39. The Morgan fingerprint density at radius 3 is 2.42 bits per heavy atom. The first-order valence-corrected chi connectivity index (χ1v) is 9.29. The van der Waals surface area contributed by atoms with Crippen LogP contribution < -0.4 is 19.5 Å². The average molecular weight is 422 g/mol. The van der Waals surface area contributed by atoms with Crippen molar-refractivity contribution < 1.29 is 19.0 Å². The van der Waals surface area contributed by atoms with E-state index in [1.807, 2.05) is 18.2 Å². The second kappa shape index (κ2) is 10.1. The summed E-state index contributed by atoms with van der Waals surface area (Å²) in [5.41, 5.74) is 1.50. The fourth-order valence-electron chi connectivity index (χ4n) is 2.36. The number of hydrogen-bond acceptors (Lipinski definition) is 4. The number of rotatable bonds is 9. The SMILES string of the molecule is CCCCOc1ccc(CNC(=O)c2ccc(OC)c(Br)c2)cc1OC. The van der Waals surface area contributed by atoms with E-state index < -0.39 is 0 Å². The highest BCUT2D eigenvalue weighted by molar-refractivity contribution is 9.10. The summed E-state index contributed by atoms with van der Waals surface area (Å²) in [6, 6.07) is 10.9. The van der Waals surface area contributed by atoms with Crippen LogP contribution in [0.2, 0.25) is 0 Å². The molecule has 0 unspecified atom stereocenters. The number of unbranched alkanes of at least 4 members (excludes halogenated alkanes) is 1. The molecule has 6 heteroatoms. The quantitative estimate of drug-likeness (QED) is 0.602. The van der Waals surface area contributed by atoms with E-state index in [0.29, 0.717) is 30.2 Å². The molecule has 2 aromatic carbocycles. The van der Waals surface area contributed by atoms with E-state index in [0.717, 1.165) is 28.6 Å². The molecule has 26 heavy (non-hydrogen) atoms. The maximum absolute atomic E-state index is 12.3. The molecule has 0 fully saturated rings. The fraction of sp³-hybridized carbons (Fsp3) is 0.350. The largest absolute Gasteiger partial charge is 0.496 e. The maximum atomic E-state index is 12.3. The summed E-state index contributed by atoms with van der Waals surface area (Å²) < 4.78 is 17.0. The standard InChI is InChI=1S/C20H24BrNO4/c1-4-5-10-26-18-8-6-14(11-19(18)25-3)13-22-20(23)15-7-9-17(24-2)16(21)12-15/h6-9,11-12H,4-5,10,13H2,1-3H3,(H,22,23). The minimum Gasteiger partial charge on any atom is -0.496 e. The van der Waals surface area contributed by atoms with Crippen LogP contribution in [0.4, 0.5) is 0 Å². The number of halogens is 1. The zero-order valence-corrected chi connectivity index (χ0v) is 16.9. The number of benzene rings is 2. The molecule has 1 N–H and O–H groups in total. The van der Waals surface area contributed by atoms with Crippen LogP contribution in [0.25, 0.3) is 0 Å². The van der Waals surface area contributed by atoms with E-state index in [1.165, 1.54) is 0 Å². The second-order valence-corrected chi connectivity index (χ2v) is 6.57. The van der Waals surface area contributed by atoms with E-state index in [4.69, 9.17) is 14.2 Å². The van der Waals surface area contributed by atoms with Gasteiger partial charge in [0.15, 0.2) is 11.5 Å². The molecule has 0 aliphatic rings. The number of methoxy groups -OCH3 is 2. The molecule has 0 bridgehead atoms.